The molecule has 5 aromatic carbocycles. The van der Waals surface area contributed by atoms with Crippen LogP contribution in [0.25, 0.3) is 60.9 Å². The second kappa shape index (κ2) is 9.47. The number of nitrogens with two attached hydrogens (primary N) is 1. The van der Waals surface area contributed by atoms with Gasteiger partial charge in [-0.2, -0.15) is 0 Å². The normalized spacial score (nSPS) is 13.9. The van der Waals surface area contributed by atoms with Gasteiger partial charge in [-0.05, 0) is 92.4 Å². The summed E-state index contributed by atoms with van der Waals surface area (Å²) >= 11 is 0. The summed E-state index contributed by atoms with van der Waals surface area (Å²) in [6.45, 7) is 11.4. The highest BCUT2D eigenvalue weighted by Crippen LogP contribution is 2.52. The van der Waals surface area contributed by atoms with Crippen LogP contribution in [0.15, 0.2) is 120 Å². The summed E-state index contributed by atoms with van der Waals surface area (Å²) in [5.74, 6) is 0. The van der Waals surface area contributed by atoms with E-state index in [0.717, 1.165) is 44.2 Å². The van der Waals surface area contributed by atoms with Crippen molar-refractivity contribution in [2.24, 2.45) is 5.73 Å². The Kier molecular flexibility index (Phi) is 5.85. The first-order chi connectivity index (χ1) is 20.0. The minimum atomic E-state index is -0.100. The van der Waals surface area contributed by atoms with Crippen LogP contribution in [-0.4, -0.2) is 0 Å². The average molecular weight is 532 g/mol. The molecule has 2 heteroatoms. The molecule has 0 bridgehead atoms. The number of benzene rings is 5. The van der Waals surface area contributed by atoms with E-state index in [4.69, 9.17) is 10.2 Å². The van der Waals surface area contributed by atoms with Crippen molar-refractivity contribution >= 4 is 27.5 Å². The molecule has 1 aliphatic rings. The number of furan rings is 1. The van der Waals surface area contributed by atoms with Gasteiger partial charge in [-0.3, -0.25) is 0 Å². The Labute approximate surface area is 241 Å². The molecule has 0 atom stereocenters. The van der Waals surface area contributed by atoms with Crippen LogP contribution >= 0.6 is 0 Å². The molecular formula is C39H33NO. The highest BCUT2D eigenvalue weighted by Gasteiger charge is 2.37. The summed E-state index contributed by atoms with van der Waals surface area (Å²) in [5, 5.41) is 2.20. The molecule has 2 nitrogen and oxygen atoms in total. The quantitative estimate of drug-likeness (QED) is 0.225. The summed E-state index contributed by atoms with van der Waals surface area (Å²) in [5.41, 5.74) is 21.4. The molecule has 1 aromatic heterocycles. The predicted octanol–water partition coefficient (Wildman–Crippen LogP) is 10.3. The molecule has 2 N–H and O–H groups in total. The average Bonchev–Trinajstić information content (AvgIpc) is 3.50. The molecule has 0 amide bonds. The van der Waals surface area contributed by atoms with Crippen molar-refractivity contribution in [1.82, 2.24) is 0 Å². The van der Waals surface area contributed by atoms with E-state index in [1.807, 2.05) is 18.2 Å². The van der Waals surface area contributed by atoms with Gasteiger partial charge in [0.2, 0.25) is 0 Å². The molecule has 0 radical (unpaired) electrons. The summed E-state index contributed by atoms with van der Waals surface area (Å²) in [4.78, 5) is 0. The molecule has 1 heterocycles. The lowest BCUT2D eigenvalue weighted by atomic mass is 9.77. The van der Waals surface area contributed by atoms with E-state index in [1.54, 1.807) is 0 Å². The molecule has 0 saturated heterocycles. The Balaban J connectivity index is 1.44. The van der Waals surface area contributed by atoms with Gasteiger partial charge in [0, 0.05) is 22.7 Å². The second-order valence-electron chi connectivity index (χ2n) is 11.4. The van der Waals surface area contributed by atoms with E-state index in [9.17, 15) is 0 Å². The van der Waals surface area contributed by atoms with E-state index in [0.29, 0.717) is 6.54 Å². The van der Waals surface area contributed by atoms with Gasteiger partial charge in [-0.15, -0.1) is 0 Å². The maximum absolute atomic E-state index is 6.17. The monoisotopic (exact) mass is 531 g/mol. The lowest BCUT2D eigenvalue weighted by molar-refractivity contribution is 0.662. The number of hydrogen-bond acceptors (Lipinski definition) is 2. The Morgan fingerprint density at radius 2 is 1.49 bits per heavy atom. The third kappa shape index (κ3) is 3.75. The number of hydrogen-bond donors (Lipinski definition) is 1. The van der Waals surface area contributed by atoms with E-state index < -0.39 is 0 Å². The lowest BCUT2D eigenvalue weighted by Crippen LogP contribution is -2.16. The molecule has 1 aliphatic carbocycles. The smallest absolute Gasteiger partial charge is 0.135 e. The van der Waals surface area contributed by atoms with E-state index in [-0.39, 0.29) is 5.41 Å². The van der Waals surface area contributed by atoms with Gasteiger partial charge in [0.05, 0.1) is 0 Å². The van der Waals surface area contributed by atoms with Gasteiger partial charge in [0.25, 0.3) is 0 Å². The topological polar surface area (TPSA) is 39.2 Å². The second-order valence-corrected chi connectivity index (χ2v) is 11.4. The van der Waals surface area contributed by atoms with Crippen molar-refractivity contribution in [1.29, 1.82) is 0 Å². The van der Waals surface area contributed by atoms with Gasteiger partial charge < -0.3 is 10.2 Å². The molecule has 200 valence electrons. The highest BCUT2D eigenvalue weighted by molar-refractivity contribution is 6.08. The Morgan fingerprint density at radius 1 is 0.780 bits per heavy atom. The van der Waals surface area contributed by atoms with Crippen molar-refractivity contribution in [3.63, 3.8) is 0 Å². The fraction of sp³-hybridized carbons (Fsp3) is 0.128. The fourth-order valence-corrected chi connectivity index (χ4v) is 6.90. The molecule has 7 rings (SSSR count). The van der Waals surface area contributed by atoms with Gasteiger partial charge >= 0.3 is 0 Å². The zero-order valence-corrected chi connectivity index (χ0v) is 23.8. The summed E-state index contributed by atoms with van der Waals surface area (Å²) in [6.07, 6.45) is 4.12. The van der Waals surface area contributed by atoms with Crippen LogP contribution in [0.5, 0.6) is 0 Å². The van der Waals surface area contributed by atoms with Crippen molar-refractivity contribution < 1.29 is 4.42 Å². The van der Waals surface area contributed by atoms with Crippen LogP contribution in [-0.2, 0) is 12.0 Å². The van der Waals surface area contributed by atoms with Gasteiger partial charge in [0.15, 0.2) is 0 Å². The minimum absolute atomic E-state index is 0.100. The SMILES string of the molecule is C=C/C(=C\C)c1cc(-c2ccc3oc4cccc(CN)c4c3c2)ccc1-c1cccc2c1C(C)(C)c1ccccc1-2. The van der Waals surface area contributed by atoms with Crippen LogP contribution < -0.4 is 5.73 Å². The van der Waals surface area contributed by atoms with E-state index in [1.165, 1.54) is 38.9 Å². The van der Waals surface area contributed by atoms with Crippen molar-refractivity contribution in [3.05, 3.63) is 138 Å². The van der Waals surface area contributed by atoms with Gasteiger partial charge in [0.1, 0.15) is 11.2 Å². The van der Waals surface area contributed by atoms with Gasteiger partial charge in [-0.25, -0.2) is 0 Å². The molecule has 0 saturated carbocycles. The summed E-state index contributed by atoms with van der Waals surface area (Å²) in [7, 11) is 0. The zero-order valence-electron chi connectivity index (χ0n) is 23.8. The van der Waals surface area contributed by atoms with Crippen molar-refractivity contribution in [3.8, 4) is 33.4 Å². The Morgan fingerprint density at radius 3 is 2.27 bits per heavy atom. The minimum Gasteiger partial charge on any atom is -0.456 e. The maximum atomic E-state index is 6.17. The van der Waals surface area contributed by atoms with Crippen LogP contribution in [0.4, 0.5) is 0 Å². The Bertz CT molecular complexity index is 2030. The van der Waals surface area contributed by atoms with Crippen LogP contribution in [0.2, 0.25) is 0 Å². The fourth-order valence-electron chi connectivity index (χ4n) is 6.90. The lowest BCUT2D eigenvalue weighted by Gasteiger charge is -2.25. The predicted molar refractivity (Wildman–Crippen MR) is 174 cm³/mol. The van der Waals surface area contributed by atoms with Crippen LogP contribution in [0.3, 0.4) is 0 Å². The molecule has 0 fully saturated rings. The Hall–Kier alpha value is -4.66. The van der Waals surface area contributed by atoms with Crippen molar-refractivity contribution in [2.75, 3.05) is 0 Å². The zero-order chi connectivity index (χ0) is 28.3. The van der Waals surface area contributed by atoms with E-state index >= 15 is 0 Å². The first-order valence-electron chi connectivity index (χ1n) is 14.3. The standard InChI is InChI=1S/C39H33NO/c1-5-24(6-2)32-21-25(26-18-20-35-33(22-26)37-27(23-40)11-9-16-36(37)41-35)17-19-28(32)30-13-10-14-31-29-12-7-8-15-34(29)39(3,4)38(30)31/h5-22H,1,23,40H2,2-4H3/b24-6+. The number of fused-ring (bicyclic) bond motifs is 6. The first-order valence-corrected chi connectivity index (χ1v) is 14.3. The van der Waals surface area contributed by atoms with Crippen LogP contribution in [0, 0.1) is 0 Å². The third-order valence-corrected chi connectivity index (χ3v) is 8.87. The molecule has 0 unspecified atom stereocenters. The summed E-state index contributed by atoms with van der Waals surface area (Å²) in [6, 6.07) is 35.0. The highest BCUT2D eigenvalue weighted by atomic mass is 16.3. The van der Waals surface area contributed by atoms with Crippen LogP contribution in [0.1, 0.15) is 43.0 Å². The van der Waals surface area contributed by atoms with Gasteiger partial charge in [-0.1, -0.05) is 105 Å². The molecule has 6 aromatic rings. The third-order valence-electron chi connectivity index (χ3n) is 8.87. The molecule has 41 heavy (non-hydrogen) atoms. The number of rotatable bonds is 5. The molecule has 0 aliphatic heterocycles. The summed E-state index contributed by atoms with van der Waals surface area (Å²) < 4.78 is 6.17. The molecule has 0 spiro atoms. The first kappa shape index (κ1) is 25.3. The maximum Gasteiger partial charge on any atom is 0.135 e. The number of allylic oxidation sites excluding steroid dienone is 3. The molecular weight excluding hydrogens is 498 g/mol. The van der Waals surface area contributed by atoms with E-state index in [2.05, 4.69) is 118 Å². The van der Waals surface area contributed by atoms with Crippen molar-refractivity contribution in [2.45, 2.75) is 32.7 Å². The largest absolute Gasteiger partial charge is 0.456 e.